The Bertz CT molecular complexity index is 1050. The maximum Gasteiger partial charge on any atom is 0.278 e. The van der Waals surface area contributed by atoms with E-state index in [-0.39, 0.29) is 5.91 Å². The first-order valence-corrected chi connectivity index (χ1v) is 10.4. The number of fused-ring (bicyclic) bond motifs is 2. The molecule has 0 aliphatic carbocycles. The SMILES string of the molecule is Cc1c(C(=O)Nc2nc3ccccc3n2CCN2CCCCC2)nn2c1OCC2. The third-order valence-electron chi connectivity index (χ3n) is 5.86. The minimum absolute atomic E-state index is 0.248. The highest BCUT2D eigenvalue weighted by Gasteiger charge is 2.25. The Balaban J connectivity index is 1.41. The molecule has 1 N–H and O–H groups in total. The highest BCUT2D eigenvalue weighted by atomic mass is 16.5. The zero-order chi connectivity index (χ0) is 19.8. The second-order valence-corrected chi connectivity index (χ2v) is 7.78. The largest absolute Gasteiger partial charge is 0.476 e. The monoisotopic (exact) mass is 394 g/mol. The minimum atomic E-state index is -0.248. The first-order chi connectivity index (χ1) is 14.2. The van der Waals surface area contributed by atoms with Gasteiger partial charge in [0, 0.05) is 18.7 Å². The molecule has 8 nitrogen and oxygen atoms in total. The van der Waals surface area contributed by atoms with Crippen LogP contribution in [0, 0.1) is 6.92 Å². The number of amides is 1. The predicted octanol–water partition coefficient (Wildman–Crippen LogP) is 2.67. The summed E-state index contributed by atoms with van der Waals surface area (Å²) in [6.45, 7) is 7.20. The molecule has 0 atom stereocenters. The number of nitrogens with one attached hydrogen (secondary N) is 1. The van der Waals surface area contributed by atoms with Gasteiger partial charge in [0.1, 0.15) is 6.61 Å². The molecule has 8 heteroatoms. The van der Waals surface area contributed by atoms with Gasteiger partial charge in [-0.3, -0.25) is 10.1 Å². The van der Waals surface area contributed by atoms with Gasteiger partial charge < -0.3 is 14.2 Å². The van der Waals surface area contributed by atoms with Crippen molar-refractivity contribution in [1.82, 2.24) is 24.2 Å². The molecule has 152 valence electrons. The van der Waals surface area contributed by atoms with Crippen molar-refractivity contribution in [3.8, 4) is 5.88 Å². The average molecular weight is 394 g/mol. The van der Waals surface area contributed by atoms with Crippen LogP contribution in [-0.4, -0.2) is 56.4 Å². The molecule has 2 aromatic heterocycles. The van der Waals surface area contributed by atoms with E-state index in [1.165, 1.54) is 19.3 Å². The molecule has 0 radical (unpaired) electrons. The summed E-state index contributed by atoms with van der Waals surface area (Å²) in [4.78, 5) is 20.1. The maximum absolute atomic E-state index is 13.0. The quantitative estimate of drug-likeness (QED) is 0.720. The van der Waals surface area contributed by atoms with Crippen molar-refractivity contribution in [2.24, 2.45) is 0 Å². The second-order valence-electron chi connectivity index (χ2n) is 7.78. The van der Waals surface area contributed by atoms with Crippen LogP contribution in [-0.2, 0) is 13.1 Å². The third kappa shape index (κ3) is 3.37. The van der Waals surface area contributed by atoms with E-state index in [2.05, 4.69) is 30.9 Å². The molecule has 29 heavy (non-hydrogen) atoms. The first-order valence-electron chi connectivity index (χ1n) is 10.4. The fourth-order valence-electron chi connectivity index (χ4n) is 4.30. The highest BCUT2D eigenvalue weighted by Crippen LogP contribution is 2.26. The average Bonchev–Trinajstić information content (AvgIpc) is 3.42. The maximum atomic E-state index is 13.0. The predicted molar refractivity (Wildman–Crippen MR) is 110 cm³/mol. The lowest BCUT2D eigenvalue weighted by atomic mass is 10.1. The van der Waals surface area contributed by atoms with Crippen molar-refractivity contribution >= 4 is 22.9 Å². The van der Waals surface area contributed by atoms with Crippen LogP contribution in [0.4, 0.5) is 5.95 Å². The molecule has 3 aromatic rings. The van der Waals surface area contributed by atoms with E-state index in [1.807, 2.05) is 25.1 Å². The molecule has 1 fully saturated rings. The molecule has 0 spiro atoms. The summed E-state index contributed by atoms with van der Waals surface area (Å²) in [5.74, 6) is 1.01. The fourth-order valence-corrected chi connectivity index (χ4v) is 4.30. The standard InChI is InChI=1S/C21H26N6O2/c1-15-18(24-27-13-14-29-20(15)27)19(28)23-21-22-16-7-3-4-8-17(16)26(21)12-11-25-9-5-2-6-10-25/h3-4,7-8H,2,5-6,9-14H2,1H3,(H,22,23,28). The number of nitrogens with zero attached hydrogens (tertiary/aromatic N) is 5. The zero-order valence-electron chi connectivity index (χ0n) is 16.7. The Kier molecular flexibility index (Phi) is 4.71. The van der Waals surface area contributed by atoms with Crippen LogP contribution in [0.25, 0.3) is 11.0 Å². The van der Waals surface area contributed by atoms with Crippen molar-refractivity contribution in [3.63, 3.8) is 0 Å². The van der Waals surface area contributed by atoms with Crippen LogP contribution in [0.2, 0.25) is 0 Å². The van der Waals surface area contributed by atoms with Gasteiger partial charge in [0.25, 0.3) is 5.91 Å². The van der Waals surface area contributed by atoms with Gasteiger partial charge in [0.2, 0.25) is 11.8 Å². The smallest absolute Gasteiger partial charge is 0.278 e. The van der Waals surface area contributed by atoms with Gasteiger partial charge in [-0.1, -0.05) is 18.6 Å². The number of hydrogen-bond donors (Lipinski definition) is 1. The van der Waals surface area contributed by atoms with Crippen LogP contribution >= 0.6 is 0 Å². The Morgan fingerprint density at radius 1 is 1.14 bits per heavy atom. The number of hydrogen-bond acceptors (Lipinski definition) is 5. The third-order valence-corrected chi connectivity index (χ3v) is 5.86. The van der Waals surface area contributed by atoms with Crippen LogP contribution in [0.5, 0.6) is 5.88 Å². The van der Waals surface area contributed by atoms with E-state index < -0.39 is 0 Å². The van der Waals surface area contributed by atoms with Gasteiger partial charge in [-0.15, -0.1) is 0 Å². The van der Waals surface area contributed by atoms with Crippen molar-refractivity contribution in [1.29, 1.82) is 0 Å². The lowest BCUT2D eigenvalue weighted by Gasteiger charge is -2.26. The van der Waals surface area contributed by atoms with Crippen LogP contribution < -0.4 is 10.1 Å². The second kappa shape index (κ2) is 7.51. The number of carbonyl (C=O) groups excluding carboxylic acids is 1. The Labute approximate surface area is 169 Å². The summed E-state index contributed by atoms with van der Waals surface area (Å²) in [5.41, 5.74) is 3.09. The number of likely N-dealkylation sites (tertiary alicyclic amines) is 1. The summed E-state index contributed by atoms with van der Waals surface area (Å²) in [6.07, 6.45) is 3.85. The van der Waals surface area contributed by atoms with Crippen molar-refractivity contribution in [2.75, 3.05) is 31.6 Å². The first kappa shape index (κ1) is 18.2. The molecule has 2 aliphatic rings. The summed E-state index contributed by atoms with van der Waals surface area (Å²) in [7, 11) is 0. The van der Waals surface area contributed by atoms with Crippen LogP contribution in [0.15, 0.2) is 24.3 Å². The number of piperidine rings is 1. The molecular weight excluding hydrogens is 368 g/mol. The number of aromatic nitrogens is 4. The molecule has 0 unspecified atom stereocenters. The molecular formula is C21H26N6O2. The normalized spacial score (nSPS) is 16.7. The van der Waals surface area contributed by atoms with Crippen LogP contribution in [0.3, 0.4) is 0 Å². The fraction of sp³-hybridized carbons (Fsp3) is 0.476. The van der Waals surface area contributed by atoms with E-state index in [9.17, 15) is 4.79 Å². The topological polar surface area (TPSA) is 77.2 Å². The van der Waals surface area contributed by atoms with Crippen molar-refractivity contribution in [3.05, 3.63) is 35.5 Å². The molecule has 4 heterocycles. The summed E-state index contributed by atoms with van der Waals surface area (Å²) in [5, 5.41) is 7.42. The minimum Gasteiger partial charge on any atom is -0.476 e. The number of para-hydroxylation sites is 2. The van der Waals surface area contributed by atoms with Gasteiger partial charge in [0.05, 0.1) is 17.6 Å². The Morgan fingerprint density at radius 3 is 2.79 bits per heavy atom. The number of imidazole rings is 1. The van der Waals surface area contributed by atoms with Gasteiger partial charge in [0.15, 0.2) is 5.69 Å². The van der Waals surface area contributed by atoms with E-state index in [0.717, 1.165) is 42.8 Å². The molecule has 0 saturated carbocycles. The molecule has 2 aliphatic heterocycles. The number of ether oxygens (including phenoxy) is 1. The summed E-state index contributed by atoms with van der Waals surface area (Å²) < 4.78 is 9.44. The van der Waals surface area contributed by atoms with Gasteiger partial charge in [-0.2, -0.15) is 5.10 Å². The summed E-state index contributed by atoms with van der Waals surface area (Å²) >= 11 is 0. The van der Waals surface area contributed by atoms with E-state index >= 15 is 0 Å². The van der Waals surface area contributed by atoms with E-state index in [4.69, 9.17) is 4.74 Å². The Morgan fingerprint density at radius 2 is 1.97 bits per heavy atom. The molecule has 1 saturated heterocycles. The molecule has 1 aromatic carbocycles. The van der Waals surface area contributed by atoms with Crippen molar-refractivity contribution < 1.29 is 9.53 Å². The van der Waals surface area contributed by atoms with Gasteiger partial charge >= 0.3 is 0 Å². The zero-order valence-corrected chi connectivity index (χ0v) is 16.7. The lowest BCUT2D eigenvalue weighted by Crippen LogP contribution is -2.32. The molecule has 5 rings (SSSR count). The lowest BCUT2D eigenvalue weighted by molar-refractivity contribution is 0.101. The van der Waals surface area contributed by atoms with E-state index in [0.29, 0.717) is 30.7 Å². The Hall–Kier alpha value is -2.87. The van der Waals surface area contributed by atoms with Crippen LogP contribution in [0.1, 0.15) is 35.3 Å². The van der Waals surface area contributed by atoms with E-state index in [1.54, 1.807) is 4.68 Å². The number of rotatable bonds is 5. The van der Waals surface area contributed by atoms with Crippen molar-refractivity contribution in [2.45, 2.75) is 39.3 Å². The van der Waals surface area contributed by atoms with Gasteiger partial charge in [-0.25, -0.2) is 9.67 Å². The number of anilines is 1. The molecule has 1 amide bonds. The highest BCUT2D eigenvalue weighted by molar-refractivity contribution is 6.04. The van der Waals surface area contributed by atoms with Gasteiger partial charge in [-0.05, 0) is 45.0 Å². The molecule has 0 bridgehead atoms. The number of carbonyl (C=O) groups is 1. The number of benzene rings is 1. The summed E-state index contributed by atoms with van der Waals surface area (Å²) in [6, 6.07) is 8.01.